The summed E-state index contributed by atoms with van der Waals surface area (Å²) in [5, 5.41) is 19.7. The summed E-state index contributed by atoms with van der Waals surface area (Å²) in [5.41, 5.74) is -2.60. The molecule has 1 aromatic carbocycles. The maximum atomic E-state index is 13.7. The van der Waals surface area contributed by atoms with Crippen molar-refractivity contribution in [3.63, 3.8) is 0 Å². The molecule has 0 spiro atoms. The summed E-state index contributed by atoms with van der Waals surface area (Å²) in [7, 11) is 0. The summed E-state index contributed by atoms with van der Waals surface area (Å²) in [4.78, 5) is 22.4. The molecular formula is C12H11F4NO4. The Morgan fingerprint density at radius 1 is 1.29 bits per heavy atom. The van der Waals surface area contributed by atoms with Crippen LogP contribution in [0.25, 0.3) is 0 Å². The molecule has 3 N–H and O–H groups in total. The first-order valence-electron chi connectivity index (χ1n) is 5.63. The molecule has 2 unspecified atom stereocenters. The molecule has 0 saturated heterocycles. The number of hydrogen-bond donors (Lipinski definition) is 3. The molecule has 2 atom stereocenters. The van der Waals surface area contributed by atoms with Gasteiger partial charge in [-0.1, -0.05) is 6.07 Å². The first-order chi connectivity index (χ1) is 9.55. The summed E-state index contributed by atoms with van der Waals surface area (Å²) >= 11 is 0. The van der Waals surface area contributed by atoms with Crippen LogP contribution in [0, 0.1) is 5.82 Å². The molecule has 21 heavy (non-hydrogen) atoms. The number of carboxylic acid groups (broad SMARTS) is 1. The van der Waals surface area contributed by atoms with Crippen molar-refractivity contribution in [3.05, 3.63) is 35.1 Å². The van der Waals surface area contributed by atoms with Crippen LogP contribution in [-0.2, 0) is 11.0 Å². The average molecular weight is 309 g/mol. The van der Waals surface area contributed by atoms with Crippen LogP contribution in [0.2, 0.25) is 0 Å². The molecule has 1 amide bonds. The molecule has 9 heteroatoms. The van der Waals surface area contributed by atoms with Gasteiger partial charge in [-0.2, -0.15) is 13.2 Å². The fourth-order valence-electron chi connectivity index (χ4n) is 1.53. The van der Waals surface area contributed by atoms with E-state index < -0.39 is 47.1 Å². The highest BCUT2D eigenvalue weighted by Gasteiger charge is 2.36. The molecule has 0 aromatic heterocycles. The highest BCUT2D eigenvalue weighted by Crippen LogP contribution is 2.32. The Bertz CT molecular complexity index is 557. The number of carboxylic acids is 1. The van der Waals surface area contributed by atoms with Gasteiger partial charge in [-0.3, -0.25) is 4.79 Å². The van der Waals surface area contributed by atoms with Crippen LogP contribution in [0.1, 0.15) is 22.8 Å². The second kappa shape index (κ2) is 6.08. The minimum atomic E-state index is -4.99. The van der Waals surface area contributed by atoms with Crippen molar-refractivity contribution in [1.29, 1.82) is 0 Å². The number of hydrogen-bond acceptors (Lipinski definition) is 3. The number of benzene rings is 1. The van der Waals surface area contributed by atoms with Crippen molar-refractivity contribution < 1.29 is 37.4 Å². The Balaban J connectivity index is 3.12. The fraction of sp³-hybridized carbons (Fsp3) is 0.333. The number of halogens is 4. The SMILES string of the molecule is CC(O)C(NC(=O)c1cccc(C(F)(F)F)c1F)C(=O)O. The Morgan fingerprint density at radius 2 is 1.86 bits per heavy atom. The number of carbonyl (C=O) groups excluding carboxylic acids is 1. The van der Waals surface area contributed by atoms with Gasteiger partial charge in [-0.25, -0.2) is 9.18 Å². The highest BCUT2D eigenvalue weighted by atomic mass is 19.4. The normalized spacial score (nSPS) is 14.4. The molecule has 0 heterocycles. The highest BCUT2D eigenvalue weighted by molar-refractivity contribution is 5.97. The topological polar surface area (TPSA) is 86.6 Å². The lowest BCUT2D eigenvalue weighted by Gasteiger charge is -2.18. The van der Waals surface area contributed by atoms with Crippen molar-refractivity contribution in [2.45, 2.75) is 25.2 Å². The Morgan fingerprint density at radius 3 is 2.29 bits per heavy atom. The van der Waals surface area contributed by atoms with E-state index in [1.165, 1.54) is 0 Å². The number of aliphatic hydroxyl groups excluding tert-OH is 1. The van der Waals surface area contributed by atoms with Crippen molar-refractivity contribution in [2.24, 2.45) is 0 Å². The van der Waals surface area contributed by atoms with Gasteiger partial charge >= 0.3 is 12.1 Å². The third-order valence-corrected chi connectivity index (χ3v) is 2.58. The van der Waals surface area contributed by atoms with E-state index in [0.29, 0.717) is 6.07 Å². The zero-order chi connectivity index (χ0) is 16.4. The second-order valence-corrected chi connectivity index (χ2v) is 4.19. The number of aliphatic carboxylic acids is 1. The predicted octanol–water partition coefficient (Wildman–Crippen LogP) is 1.41. The molecule has 0 bridgehead atoms. The number of alkyl halides is 3. The summed E-state index contributed by atoms with van der Waals surface area (Å²) < 4.78 is 51.2. The number of aliphatic hydroxyl groups is 1. The largest absolute Gasteiger partial charge is 0.480 e. The number of carbonyl (C=O) groups is 2. The van der Waals surface area contributed by atoms with Crippen LogP contribution in [0.15, 0.2) is 18.2 Å². The van der Waals surface area contributed by atoms with Crippen LogP contribution in [0.4, 0.5) is 17.6 Å². The van der Waals surface area contributed by atoms with Crippen LogP contribution in [0.5, 0.6) is 0 Å². The molecule has 1 rings (SSSR count). The molecule has 0 aliphatic heterocycles. The Kier molecular flexibility index (Phi) is 4.89. The van der Waals surface area contributed by atoms with Crippen LogP contribution < -0.4 is 5.32 Å². The minimum absolute atomic E-state index is 0.454. The number of rotatable bonds is 4. The quantitative estimate of drug-likeness (QED) is 0.734. The summed E-state index contributed by atoms with van der Waals surface area (Å²) in [5.74, 6) is -4.78. The zero-order valence-corrected chi connectivity index (χ0v) is 10.6. The Hall–Kier alpha value is -2.16. The van der Waals surface area contributed by atoms with Gasteiger partial charge in [0.25, 0.3) is 5.91 Å². The van der Waals surface area contributed by atoms with E-state index in [2.05, 4.69) is 0 Å². The second-order valence-electron chi connectivity index (χ2n) is 4.19. The van der Waals surface area contributed by atoms with E-state index in [1.54, 1.807) is 5.32 Å². The van der Waals surface area contributed by atoms with Crippen LogP contribution in [0.3, 0.4) is 0 Å². The number of amides is 1. The summed E-state index contributed by atoms with van der Waals surface area (Å²) in [6.45, 7) is 1.06. The minimum Gasteiger partial charge on any atom is -0.480 e. The van der Waals surface area contributed by atoms with Gasteiger partial charge in [0.2, 0.25) is 0 Å². The number of nitrogens with one attached hydrogen (secondary N) is 1. The lowest BCUT2D eigenvalue weighted by atomic mass is 10.1. The van der Waals surface area contributed by atoms with Gasteiger partial charge in [0, 0.05) is 0 Å². The monoisotopic (exact) mass is 309 g/mol. The molecule has 0 fully saturated rings. The maximum Gasteiger partial charge on any atom is 0.419 e. The fourth-order valence-corrected chi connectivity index (χ4v) is 1.53. The molecule has 0 radical (unpaired) electrons. The van der Waals surface area contributed by atoms with E-state index in [1.807, 2.05) is 0 Å². The lowest BCUT2D eigenvalue weighted by Crippen LogP contribution is -2.47. The van der Waals surface area contributed by atoms with Crippen molar-refractivity contribution in [2.75, 3.05) is 0 Å². The standard InChI is InChI=1S/C12H11F4NO4/c1-5(18)9(11(20)21)17-10(19)6-3-2-4-7(8(6)13)12(14,15)16/h2-5,9,18H,1H3,(H,17,19)(H,20,21). The molecule has 1 aromatic rings. The third-order valence-electron chi connectivity index (χ3n) is 2.58. The summed E-state index contributed by atoms with van der Waals surface area (Å²) in [6, 6.07) is 0.279. The van der Waals surface area contributed by atoms with Gasteiger partial charge in [0.15, 0.2) is 6.04 Å². The van der Waals surface area contributed by atoms with Gasteiger partial charge in [-0.05, 0) is 19.1 Å². The molecular weight excluding hydrogens is 298 g/mol. The zero-order valence-electron chi connectivity index (χ0n) is 10.6. The third kappa shape index (κ3) is 3.91. The molecule has 116 valence electrons. The van der Waals surface area contributed by atoms with Gasteiger partial charge in [0.1, 0.15) is 5.82 Å². The Labute approximate surface area is 116 Å². The average Bonchev–Trinajstić information content (AvgIpc) is 2.33. The first kappa shape index (κ1) is 16.9. The van der Waals surface area contributed by atoms with E-state index >= 15 is 0 Å². The van der Waals surface area contributed by atoms with E-state index in [9.17, 15) is 27.2 Å². The molecule has 0 saturated carbocycles. The van der Waals surface area contributed by atoms with Crippen molar-refractivity contribution in [3.8, 4) is 0 Å². The van der Waals surface area contributed by atoms with Crippen molar-refractivity contribution in [1.82, 2.24) is 5.32 Å². The van der Waals surface area contributed by atoms with Crippen LogP contribution >= 0.6 is 0 Å². The first-order valence-corrected chi connectivity index (χ1v) is 5.63. The maximum absolute atomic E-state index is 13.7. The van der Waals surface area contributed by atoms with E-state index in [4.69, 9.17) is 10.2 Å². The van der Waals surface area contributed by atoms with Gasteiger partial charge in [-0.15, -0.1) is 0 Å². The molecule has 0 aliphatic rings. The van der Waals surface area contributed by atoms with Gasteiger partial charge in [0.05, 0.1) is 17.2 Å². The molecule has 0 aliphatic carbocycles. The van der Waals surface area contributed by atoms with Gasteiger partial charge < -0.3 is 15.5 Å². The predicted molar refractivity (Wildman–Crippen MR) is 62.0 cm³/mol. The van der Waals surface area contributed by atoms with Crippen LogP contribution in [-0.4, -0.2) is 34.2 Å². The molecule has 5 nitrogen and oxygen atoms in total. The smallest absolute Gasteiger partial charge is 0.419 e. The summed E-state index contributed by atoms with van der Waals surface area (Å²) in [6.07, 6.45) is -6.50. The van der Waals surface area contributed by atoms with E-state index in [0.717, 1.165) is 19.1 Å². The lowest BCUT2D eigenvalue weighted by molar-refractivity contribution is -0.142. The van der Waals surface area contributed by atoms with Crippen molar-refractivity contribution >= 4 is 11.9 Å². The van der Waals surface area contributed by atoms with E-state index in [-0.39, 0.29) is 0 Å².